The van der Waals surface area contributed by atoms with Crippen molar-refractivity contribution in [1.82, 2.24) is 10.2 Å². The van der Waals surface area contributed by atoms with E-state index in [1.165, 1.54) is 7.11 Å². The van der Waals surface area contributed by atoms with Crippen LogP contribution in [0.1, 0.15) is 26.7 Å². The van der Waals surface area contributed by atoms with Crippen molar-refractivity contribution in [3.05, 3.63) is 0 Å². The highest BCUT2D eigenvalue weighted by Gasteiger charge is 2.39. The van der Waals surface area contributed by atoms with Crippen molar-refractivity contribution in [2.24, 2.45) is 0 Å². The van der Waals surface area contributed by atoms with E-state index >= 15 is 0 Å². The number of hydrogen-bond donors (Lipinski definition) is 1. The van der Waals surface area contributed by atoms with Gasteiger partial charge in [-0.2, -0.15) is 0 Å². The summed E-state index contributed by atoms with van der Waals surface area (Å²) in [5.74, 6) is -0.437. The summed E-state index contributed by atoms with van der Waals surface area (Å²) in [6.07, 6.45) is 0.665. The Morgan fingerprint density at radius 1 is 1.38 bits per heavy atom. The number of methoxy groups -OCH3 is 1. The first-order valence-corrected chi connectivity index (χ1v) is 8.82. The lowest BCUT2D eigenvalue weighted by Crippen LogP contribution is -2.50. The van der Waals surface area contributed by atoms with Crippen molar-refractivity contribution in [3.63, 3.8) is 0 Å². The lowest BCUT2D eigenvalue weighted by molar-refractivity contribution is -0.141. The maximum Gasteiger partial charge on any atom is 0.306 e. The van der Waals surface area contributed by atoms with Gasteiger partial charge in [0.1, 0.15) is 0 Å². The molecule has 1 rings (SSSR count). The minimum Gasteiger partial charge on any atom is -0.469 e. The van der Waals surface area contributed by atoms with Gasteiger partial charge in [-0.25, -0.2) is 8.42 Å². The van der Waals surface area contributed by atoms with Gasteiger partial charge in [-0.3, -0.25) is 14.5 Å². The van der Waals surface area contributed by atoms with Crippen LogP contribution in [0.25, 0.3) is 0 Å². The summed E-state index contributed by atoms with van der Waals surface area (Å²) in [7, 11) is -1.72. The van der Waals surface area contributed by atoms with Crippen LogP contribution in [0.2, 0.25) is 0 Å². The first-order chi connectivity index (χ1) is 9.69. The Balaban J connectivity index is 2.46. The van der Waals surface area contributed by atoms with Crippen LogP contribution in [0, 0.1) is 0 Å². The second-order valence-corrected chi connectivity index (χ2v) is 7.83. The zero-order valence-corrected chi connectivity index (χ0v) is 13.7. The Morgan fingerprint density at radius 2 is 2.05 bits per heavy atom. The monoisotopic (exact) mass is 320 g/mol. The number of nitrogens with zero attached hydrogens (tertiary/aromatic N) is 1. The quantitative estimate of drug-likeness (QED) is 0.640. The Labute approximate surface area is 125 Å². The highest BCUT2D eigenvalue weighted by atomic mass is 32.2. The van der Waals surface area contributed by atoms with E-state index in [0.29, 0.717) is 19.5 Å². The lowest BCUT2D eigenvalue weighted by atomic mass is 10.0. The number of carbonyl (C=O) groups is 2. The van der Waals surface area contributed by atoms with Gasteiger partial charge in [-0.15, -0.1) is 0 Å². The van der Waals surface area contributed by atoms with Crippen molar-refractivity contribution in [3.8, 4) is 0 Å². The molecule has 1 atom stereocenters. The molecule has 1 fully saturated rings. The maximum atomic E-state index is 12.0. The Kier molecular flexibility index (Phi) is 6.15. The van der Waals surface area contributed by atoms with E-state index in [-0.39, 0.29) is 36.3 Å². The third-order valence-electron chi connectivity index (χ3n) is 3.62. The van der Waals surface area contributed by atoms with Gasteiger partial charge in [0.25, 0.3) is 0 Å². The molecule has 1 aliphatic heterocycles. The van der Waals surface area contributed by atoms with Crippen molar-refractivity contribution >= 4 is 21.7 Å². The van der Waals surface area contributed by atoms with Gasteiger partial charge >= 0.3 is 5.97 Å². The van der Waals surface area contributed by atoms with Gasteiger partial charge in [-0.1, -0.05) is 6.92 Å². The van der Waals surface area contributed by atoms with Gasteiger partial charge in [0.2, 0.25) is 5.91 Å². The number of likely N-dealkylation sites (N-methyl/N-ethyl adjacent to an activating group) is 1. The fourth-order valence-electron chi connectivity index (χ4n) is 2.39. The van der Waals surface area contributed by atoms with E-state index in [1.54, 1.807) is 6.92 Å². The van der Waals surface area contributed by atoms with Crippen LogP contribution in [-0.2, 0) is 24.2 Å². The molecule has 1 unspecified atom stereocenters. The average Bonchev–Trinajstić information content (AvgIpc) is 2.67. The van der Waals surface area contributed by atoms with Gasteiger partial charge in [0, 0.05) is 6.54 Å². The number of esters is 1. The molecular formula is C13H24N2O5S. The molecule has 1 amide bonds. The minimum atomic E-state index is -3.05. The molecular weight excluding hydrogens is 296 g/mol. The molecule has 0 bridgehead atoms. The number of nitrogens with one attached hydrogen (secondary N) is 1. The fourth-order valence-corrected chi connectivity index (χ4v) is 4.48. The number of ether oxygens (including phenoxy) is 1. The second-order valence-electron chi connectivity index (χ2n) is 5.65. The molecule has 8 heteroatoms. The zero-order valence-electron chi connectivity index (χ0n) is 12.8. The summed E-state index contributed by atoms with van der Waals surface area (Å²) in [6, 6.07) is 0. The van der Waals surface area contributed by atoms with Crippen molar-refractivity contribution < 1.29 is 22.7 Å². The van der Waals surface area contributed by atoms with Crippen LogP contribution in [0.5, 0.6) is 0 Å². The van der Waals surface area contributed by atoms with E-state index in [9.17, 15) is 18.0 Å². The predicted octanol–water partition coefficient (Wildman–Crippen LogP) is -0.435. The van der Waals surface area contributed by atoms with Crippen molar-refractivity contribution in [1.29, 1.82) is 0 Å². The summed E-state index contributed by atoms with van der Waals surface area (Å²) < 4.78 is 27.6. The molecule has 0 radical (unpaired) electrons. The number of rotatable bonds is 7. The minimum absolute atomic E-state index is 0.0139. The molecule has 0 aromatic heterocycles. The van der Waals surface area contributed by atoms with E-state index in [4.69, 9.17) is 0 Å². The summed E-state index contributed by atoms with van der Waals surface area (Å²) in [6.45, 7) is 4.85. The van der Waals surface area contributed by atoms with Crippen LogP contribution in [0.15, 0.2) is 0 Å². The Bertz CT molecular complexity index is 491. The Morgan fingerprint density at radius 3 is 2.52 bits per heavy atom. The summed E-state index contributed by atoms with van der Waals surface area (Å²) >= 11 is 0. The van der Waals surface area contributed by atoms with Crippen LogP contribution in [0.4, 0.5) is 0 Å². The van der Waals surface area contributed by atoms with Crippen LogP contribution >= 0.6 is 0 Å². The molecule has 0 aromatic carbocycles. The molecule has 7 nitrogen and oxygen atoms in total. The first-order valence-electron chi connectivity index (χ1n) is 7.00. The van der Waals surface area contributed by atoms with E-state index in [0.717, 1.165) is 0 Å². The summed E-state index contributed by atoms with van der Waals surface area (Å²) in [5.41, 5.74) is -0.683. The third-order valence-corrected chi connectivity index (χ3v) is 5.52. The first kappa shape index (κ1) is 17.9. The maximum absolute atomic E-state index is 12.0. The fraction of sp³-hybridized carbons (Fsp3) is 0.846. The van der Waals surface area contributed by atoms with Gasteiger partial charge < -0.3 is 10.1 Å². The molecule has 0 spiro atoms. The highest BCUT2D eigenvalue weighted by Crippen LogP contribution is 2.22. The molecule has 0 aliphatic carbocycles. The average molecular weight is 320 g/mol. The topological polar surface area (TPSA) is 92.8 Å². The summed E-state index contributed by atoms with van der Waals surface area (Å²) in [4.78, 5) is 25.0. The largest absolute Gasteiger partial charge is 0.469 e. The molecule has 122 valence electrons. The smallest absolute Gasteiger partial charge is 0.306 e. The van der Waals surface area contributed by atoms with E-state index < -0.39 is 15.4 Å². The highest BCUT2D eigenvalue weighted by molar-refractivity contribution is 7.91. The SMILES string of the molecule is CCN(CCC(=O)OC)CC(=O)NC1(C)CCS(=O)(=O)C1. The third kappa shape index (κ3) is 6.01. The standard InChI is InChI=1S/C13H24N2O5S/c1-4-15(7-5-12(17)20-3)9-11(16)14-13(2)6-8-21(18,19)10-13/h4-10H2,1-3H3,(H,14,16). The molecule has 1 aliphatic rings. The Hall–Kier alpha value is -1.15. The van der Waals surface area contributed by atoms with Gasteiger partial charge in [0.15, 0.2) is 9.84 Å². The molecule has 21 heavy (non-hydrogen) atoms. The van der Waals surface area contributed by atoms with Crippen molar-refractivity contribution in [2.75, 3.05) is 38.2 Å². The van der Waals surface area contributed by atoms with Gasteiger partial charge in [-0.05, 0) is 19.9 Å². The number of hydrogen-bond acceptors (Lipinski definition) is 6. The molecule has 1 N–H and O–H groups in total. The van der Waals surface area contributed by atoms with Crippen LogP contribution in [0.3, 0.4) is 0 Å². The van der Waals surface area contributed by atoms with Crippen molar-refractivity contribution in [2.45, 2.75) is 32.2 Å². The number of carbonyl (C=O) groups excluding carboxylic acids is 2. The second kappa shape index (κ2) is 7.22. The molecule has 0 aromatic rings. The van der Waals surface area contributed by atoms with E-state index in [1.807, 2.05) is 11.8 Å². The molecule has 1 heterocycles. The zero-order chi connectivity index (χ0) is 16.1. The molecule has 0 saturated carbocycles. The van der Waals surface area contributed by atoms with Crippen LogP contribution in [-0.4, -0.2) is 69.0 Å². The normalized spacial score (nSPS) is 24.0. The number of sulfone groups is 1. The predicted molar refractivity (Wildman–Crippen MR) is 78.6 cm³/mol. The molecule has 1 saturated heterocycles. The number of amides is 1. The lowest BCUT2D eigenvalue weighted by Gasteiger charge is -2.26. The van der Waals surface area contributed by atoms with Crippen LogP contribution < -0.4 is 5.32 Å². The van der Waals surface area contributed by atoms with Gasteiger partial charge in [0.05, 0.1) is 37.1 Å². The summed E-state index contributed by atoms with van der Waals surface area (Å²) in [5, 5.41) is 2.80. The van der Waals surface area contributed by atoms with E-state index in [2.05, 4.69) is 10.1 Å².